The van der Waals surface area contributed by atoms with Gasteiger partial charge in [0.1, 0.15) is 0 Å². The van der Waals surface area contributed by atoms with Crippen molar-refractivity contribution in [2.75, 3.05) is 0 Å². The SMILES string of the molecule is CCc1ccc(-c2cc(OS(=O)(=O)C(F)(F)F)c3c(=O)c4ccccc4sc3c2)cc1. The molecule has 4 aromatic rings. The van der Waals surface area contributed by atoms with Crippen molar-refractivity contribution in [3.63, 3.8) is 0 Å². The summed E-state index contributed by atoms with van der Waals surface area (Å²) in [6, 6.07) is 16.7. The second-order valence-electron chi connectivity index (χ2n) is 6.81. The molecule has 4 rings (SSSR count). The summed E-state index contributed by atoms with van der Waals surface area (Å²) in [5.41, 5.74) is -4.06. The van der Waals surface area contributed by atoms with Crippen LogP contribution in [0.4, 0.5) is 13.2 Å². The Morgan fingerprint density at radius 3 is 2.26 bits per heavy atom. The maximum absolute atomic E-state index is 13.0. The van der Waals surface area contributed by atoms with E-state index in [4.69, 9.17) is 0 Å². The zero-order chi connectivity index (χ0) is 22.4. The summed E-state index contributed by atoms with van der Waals surface area (Å²) in [7, 11) is -5.96. The fourth-order valence-electron chi connectivity index (χ4n) is 3.22. The predicted molar refractivity (Wildman–Crippen MR) is 116 cm³/mol. The minimum atomic E-state index is -5.96. The van der Waals surface area contributed by atoms with Crippen molar-refractivity contribution in [3.8, 4) is 16.9 Å². The van der Waals surface area contributed by atoms with Gasteiger partial charge in [-0.2, -0.15) is 21.6 Å². The Labute approximate surface area is 179 Å². The Morgan fingerprint density at radius 1 is 0.935 bits per heavy atom. The van der Waals surface area contributed by atoms with E-state index in [1.807, 2.05) is 19.1 Å². The van der Waals surface area contributed by atoms with Crippen molar-refractivity contribution >= 4 is 41.6 Å². The van der Waals surface area contributed by atoms with Gasteiger partial charge in [-0.3, -0.25) is 4.79 Å². The first-order valence-electron chi connectivity index (χ1n) is 9.20. The number of rotatable bonds is 4. The molecule has 0 N–H and O–H groups in total. The molecule has 9 heteroatoms. The number of hydrogen-bond donors (Lipinski definition) is 0. The lowest BCUT2D eigenvalue weighted by Crippen LogP contribution is -2.28. The van der Waals surface area contributed by atoms with Gasteiger partial charge in [0, 0.05) is 14.8 Å². The zero-order valence-electron chi connectivity index (χ0n) is 16.1. The summed E-state index contributed by atoms with van der Waals surface area (Å²) in [5.74, 6) is -0.642. The maximum atomic E-state index is 13.0. The van der Waals surface area contributed by atoms with Crippen molar-refractivity contribution in [2.45, 2.75) is 18.9 Å². The number of benzene rings is 3. The first-order chi connectivity index (χ1) is 14.6. The monoisotopic (exact) mass is 464 g/mol. The fraction of sp³-hybridized carbons (Fsp3) is 0.136. The Balaban J connectivity index is 2.03. The van der Waals surface area contributed by atoms with Gasteiger partial charge in [0.05, 0.1) is 5.39 Å². The molecule has 0 atom stereocenters. The molecule has 0 saturated heterocycles. The van der Waals surface area contributed by atoms with Crippen LogP contribution < -0.4 is 9.61 Å². The zero-order valence-corrected chi connectivity index (χ0v) is 17.7. The molecule has 0 bridgehead atoms. The highest BCUT2D eigenvalue weighted by molar-refractivity contribution is 7.88. The number of alkyl halides is 3. The number of hydrogen-bond acceptors (Lipinski definition) is 5. The van der Waals surface area contributed by atoms with Gasteiger partial charge < -0.3 is 4.18 Å². The van der Waals surface area contributed by atoms with Crippen molar-refractivity contribution in [1.29, 1.82) is 0 Å². The highest BCUT2D eigenvalue weighted by atomic mass is 32.2. The van der Waals surface area contributed by atoms with E-state index in [0.29, 0.717) is 20.5 Å². The molecular weight excluding hydrogens is 449 g/mol. The molecule has 0 spiro atoms. The van der Waals surface area contributed by atoms with Crippen LogP contribution in [0, 0.1) is 0 Å². The van der Waals surface area contributed by atoms with Gasteiger partial charge in [0.25, 0.3) is 0 Å². The van der Waals surface area contributed by atoms with Crippen molar-refractivity contribution in [2.24, 2.45) is 0 Å². The topological polar surface area (TPSA) is 60.4 Å². The highest BCUT2D eigenvalue weighted by Crippen LogP contribution is 2.37. The summed E-state index contributed by atoms with van der Waals surface area (Å²) in [4.78, 5) is 13.0. The molecule has 0 aliphatic carbocycles. The lowest BCUT2D eigenvalue weighted by molar-refractivity contribution is -0.0499. The molecule has 0 saturated carbocycles. The number of aryl methyl sites for hydroxylation is 1. The van der Waals surface area contributed by atoms with Crippen LogP contribution in [0.2, 0.25) is 0 Å². The third-order valence-corrected chi connectivity index (χ3v) is 6.91. The van der Waals surface area contributed by atoms with Crippen LogP contribution in [0.25, 0.3) is 31.3 Å². The van der Waals surface area contributed by atoms with E-state index in [1.165, 1.54) is 17.4 Å². The molecule has 0 fully saturated rings. The molecule has 1 heterocycles. The number of halogens is 3. The van der Waals surface area contributed by atoms with Gasteiger partial charge in [-0.05, 0) is 47.4 Å². The van der Waals surface area contributed by atoms with Crippen LogP contribution in [0.1, 0.15) is 12.5 Å². The summed E-state index contributed by atoms with van der Waals surface area (Å²) < 4.78 is 67.8. The molecule has 0 aliphatic rings. The van der Waals surface area contributed by atoms with E-state index in [2.05, 4.69) is 4.18 Å². The van der Waals surface area contributed by atoms with Crippen molar-refractivity contribution < 1.29 is 25.8 Å². The van der Waals surface area contributed by atoms with Gasteiger partial charge in [0.15, 0.2) is 11.2 Å². The lowest BCUT2D eigenvalue weighted by atomic mass is 10.0. The van der Waals surface area contributed by atoms with Gasteiger partial charge >= 0.3 is 15.6 Å². The van der Waals surface area contributed by atoms with Crippen LogP contribution in [-0.4, -0.2) is 13.9 Å². The first kappa shape index (κ1) is 21.3. The normalized spacial score (nSPS) is 12.4. The van der Waals surface area contributed by atoms with Crippen LogP contribution in [0.15, 0.2) is 65.5 Å². The lowest BCUT2D eigenvalue weighted by Gasteiger charge is -2.13. The van der Waals surface area contributed by atoms with Gasteiger partial charge in [-0.15, -0.1) is 11.3 Å². The smallest absolute Gasteiger partial charge is 0.375 e. The van der Waals surface area contributed by atoms with E-state index in [9.17, 15) is 26.4 Å². The minimum absolute atomic E-state index is 0.203. The molecule has 0 amide bonds. The molecule has 0 unspecified atom stereocenters. The molecule has 31 heavy (non-hydrogen) atoms. The Bertz CT molecular complexity index is 1450. The van der Waals surface area contributed by atoms with Gasteiger partial charge in [-0.1, -0.05) is 43.3 Å². The predicted octanol–water partition coefficient (Wildman–Crippen LogP) is 5.87. The van der Waals surface area contributed by atoms with Crippen LogP contribution in [-0.2, 0) is 16.5 Å². The maximum Gasteiger partial charge on any atom is 0.534 e. The van der Waals surface area contributed by atoms with Crippen LogP contribution in [0.5, 0.6) is 5.75 Å². The second-order valence-corrected chi connectivity index (χ2v) is 9.43. The molecule has 0 aliphatic heterocycles. The first-order valence-corrected chi connectivity index (χ1v) is 11.4. The molecule has 0 radical (unpaired) electrons. The van der Waals surface area contributed by atoms with E-state index in [0.717, 1.165) is 18.1 Å². The fourth-order valence-corrected chi connectivity index (χ4v) is 4.82. The van der Waals surface area contributed by atoms with E-state index >= 15 is 0 Å². The van der Waals surface area contributed by atoms with E-state index in [1.54, 1.807) is 36.4 Å². The van der Waals surface area contributed by atoms with Gasteiger partial charge in [0.2, 0.25) is 0 Å². The third-order valence-electron chi connectivity index (χ3n) is 4.82. The van der Waals surface area contributed by atoms with Gasteiger partial charge in [-0.25, -0.2) is 0 Å². The van der Waals surface area contributed by atoms with E-state index in [-0.39, 0.29) is 10.8 Å². The molecule has 1 aromatic heterocycles. The summed E-state index contributed by atoms with van der Waals surface area (Å²) in [5, 5.41) is 0.0692. The second kappa shape index (κ2) is 7.65. The van der Waals surface area contributed by atoms with Crippen molar-refractivity contribution in [3.05, 3.63) is 76.5 Å². The standard InChI is InChI=1S/C22H15F3O4S2/c1-2-13-7-9-14(10-8-13)15-11-17(29-31(27,28)22(23,24)25)20-19(12-15)30-18-6-4-3-5-16(18)21(20)26/h3-12H,2H2,1H3. The van der Waals surface area contributed by atoms with E-state index < -0.39 is 26.8 Å². The third kappa shape index (κ3) is 3.90. The summed E-state index contributed by atoms with van der Waals surface area (Å²) in [6.45, 7) is 1.99. The average molecular weight is 464 g/mol. The molecule has 3 aromatic carbocycles. The average Bonchev–Trinajstić information content (AvgIpc) is 2.72. The summed E-state index contributed by atoms with van der Waals surface area (Å²) >= 11 is 1.17. The Hall–Kier alpha value is -2.91. The quantitative estimate of drug-likeness (QED) is 0.215. The largest absolute Gasteiger partial charge is 0.534 e. The number of fused-ring (bicyclic) bond motifs is 2. The highest BCUT2D eigenvalue weighted by Gasteiger charge is 2.48. The Kier molecular flexibility index (Phi) is 5.26. The Morgan fingerprint density at radius 2 is 1.61 bits per heavy atom. The molecular formula is C22H15F3O4S2. The van der Waals surface area contributed by atoms with Crippen molar-refractivity contribution in [1.82, 2.24) is 0 Å². The summed E-state index contributed by atoms with van der Waals surface area (Å²) in [6.07, 6.45) is 0.809. The molecule has 160 valence electrons. The van der Waals surface area contributed by atoms with Crippen LogP contribution >= 0.6 is 11.3 Å². The molecule has 4 nitrogen and oxygen atoms in total. The van der Waals surface area contributed by atoms with Crippen LogP contribution in [0.3, 0.4) is 0 Å². The minimum Gasteiger partial charge on any atom is -0.375 e.